The average molecular weight is 270 g/mol. The van der Waals surface area contributed by atoms with Gasteiger partial charge in [-0.2, -0.15) is 0 Å². The van der Waals surface area contributed by atoms with E-state index in [2.05, 4.69) is 4.98 Å². The van der Waals surface area contributed by atoms with Crippen LogP contribution < -0.4 is 4.98 Å². The van der Waals surface area contributed by atoms with Crippen LogP contribution in [0.25, 0.3) is 0 Å². The van der Waals surface area contributed by atoms with Gasteiger partial charge in [0.05, 0.1) is 29.9 Å². The molecule has 0 saturated heterocycles. The number of aliphatic hydroxyl groups is 2. The number of thiazole rings is 1. The van der Waals surface area contributed by atoms with E-state index in [0.29, 0.717) is 12.8 Å². The van der Waals surface area contributed by atoms with Gasteiger partial charge in [0.25, 0.3) is 0 Å². The molecule has 4 nitrogen and oxygen atoms in total. The summed E-state index contributed by atoms with van der Waals surface area (Å²) < 4.78 is 0. The highest BCUT2D eigenvalue weighted by Gasteiger charge is 2.39. The molecular weight excluding hydrogens is 250 g/mol. The summed E-state index contributed by atoms with van der Waals surface area (Å²) in [5.41, 5.74) is 0.862. The molecule has 100 valence electrons. The van der Waals surface area contributed by atoms with E-state index in [4.69, 9.17) is 0 Å². The number of aromatic amines is 1. The molecule has 0 radical (unpaired) electrons. The molecule has 1 aromatic rings. The molecule has 1 aromatic heterocycles. The number of hydrogen-bond donors (Lipinski definition) is 2. The number of aliphatic hydroxyl groups excluding tert-OH is 2. The third kappa shape index (κ3) is 2.96. The van der Waals surface area contributed by atoms with E-state index >= 15 is 0 Å². The number of H-pyrrole nitrogens is 1. The van der Waals surface area contributed by atoms with E-state index in [1.165, 1.54) is 0 Å². The zero-order chi connectivity index (χ0) is 13.3. The molecule has 0 bridgehead atoms. The molecule has 18 heavy (non-hydrogen) atoms. The second-order valence-corrected chi connectivity index (χ2v) is 6.41. The summed E-state index contributed by atoms with van der Waals surface area (Å²) in [6.07, 6.45) is 0.0314. The van der Waals surface area contributed by atoms with Crippen LogP contribution in [0.4, 0.5) is 0 Å². The summed E-state index contributed by atoms with van der Waals surface area (Å²) in [6, 6.07) is 0. The van der Waals surface area contributed by atoms with E-state index in [0.717, 1.165) is 10.7 Å². The number of ketones is 1. The third-order valence-corrected chi connectivity index (χ3v) is 4.43. The van der Waals surface area contributed by atoms with Gasteiger partial charge >= 0.3 is 0 Å². The minimum Gasteiger partial charge on any atom is -0.392 e. The lowest BCUT2D eigenvalue weighted by Gasteiger charge is -2.34. The minimum atomic E-state index is -0.712. The summed E-state index contributed by atoms with van der Waals surface area (Å²) in [4.78, 5) is 15.3. The Morgan fingerprint density at radius 3 is 2.56 bits per heavy atom. The van der Waals surface area contributed by atoms with Gasteiger partial charge < -0.3 is 10.2 Å². The lowest BCUT2D eigenvalue weighted by molar-refractivity contribution is -0.390. The molecule has 2 unspecified atom stereocenters. The Kier molecular flexibility index (Phi) is 4.14. The first-order valence-electron chi connectivity index (χ1n) is 6.32. The van der Waals surface area contributed by atoms with Crippen LogP contribution in [0, 0.1) is 18.8 Å². The van der Waals surface area contributed by atoms with Crippen LogP contribution >= 0.6 is 11.3 Å². The predicted molar refractivity (Wildman–Crippen MR) is 68.2 cm³/mol. The van der Waals surface area contributed by atoms with Crippen molar-refractivity contribution in [2.24, 2.45) is 11.8 Å². The van der Waals surface area contributed by atoms with Crippen LogP contribution in [0.2, 0.25) is 0 Å². The van der Waals surface area contributed by atoms with Crippen LogP contribution in [-0.4, -0.2) is 28.2 Å². The van der Waals surface area contributed by atoms with Gasteiger partial charge in [-0.05, 0) is 18.8 Å². The standard InChI is InChI=1S/C13H19NO3S/c1-7-3-10(15)13(11(16)4-7)12(17)5-9-6-18-8(2)14-9/h6-7,10-11,13,15-16H,3-5H2,1-2H3/p+1. The molecule has 0 amide bonds. The largest absolute Gasteiger partial charge is 0.392 e. The maximum absolute atomic E-state index is 12.2. The van der Waals surface area contributed by atoms with E-state index < -0.39 is 18.1 Å². The van der Waals surface area contributed by atoms with Crippen LogP contribution in [0.1, 0.15) is 30.5 Å². The van der Waals surface area contributed by atoms with Crippen molar-refractivity contribution in [2.45, 2.75) is 45.3 Å². The Morgan fingerprint density at radius 1 is 1.44 bits per heavy atom. The van der Waals surface area contributed by atoms with Crippen molar-refractivity contribution in [1.82, 2.24) is 0 Å². The molecule has 1 aliphatic carbocycles. The van der Waals surface area contributed by atoms with Crippen LogP contribution in [0.5, 0.6) is 0 Å². The summed E-state index contributed by atoms with van der Waals surface area (Å²) >= 11 is 1.56. The molecule has 0 aliphatic heterocycles. The third-order valence-electron chi connectivity index (χ3n) is 3.57. The van der Waals surface area contributed by atoms with E-state index in [1.807, 2.05) is 19.2 Å². The van der Waals surface area contributed by atoms with Crippen molar-refractivity contribution in [1.29, 1.82) is 0 Å². The lowest BCUT2D eigenvalue weighted by atomic mass is 9.76. The Bertz CT molecular complexity index is 420. The van der Waals surface area contributed by atoms with Crippen molar-refractivity contribution in [2.75, 3.05) is 0 Å². The minimum absolute atomic E-state index is 0.0732. The number of aromatic nitrogens is 1. The van der Waals surface area contributed by atoms with Gasteiger partial charge in [0.2, 0.25) is 5.01 Å². The maximum Gasteiger partial charge on any atom is 0.232 e. The molecule has 1 saturated carbocycles. The van der Waals surface area contributed by atoms with Gasteiger partial charge in [0.1, 0.15) is 0 Å². The highest BCUT2D eigenvalue weighted by Crippen LogP contribution is 2.30. The van der Waals surface area contributed by atoms with Crippen molar-refractivity contribution >= 4 is 17.1 Å². The molecule has 0 spiro atoms. The van der Waals surface area contributed by atoms with Crippen LogP contribution in [-0.2, 0) is 11.2 Å². The first-order chi connectivity index (χ1) is 8.47. The quantitative estimate of drug-likeness (QED) is 0.851. The maximum atomic E-state index is 12.2. The molecule has 1 heterocycles. The highest BCUT2D eigenvalue weighted by atomic mass is 32.1. The van der Waals surface area contributed by atoms with Gasteiger partial charge in [0.15, 0.2) is 11.5 Å². The van der Waals surface area contributed by atoms with Gasteiger partial charge in [0, 0.05) is 6.92 Å². The number of rotatable bonds is 3. The molecule has 2 rings (SSSR count). The number of hydrogen-bond acceptors (Lipinski definition) is 4. The fourth-order valence-corrected chi connectivity index (χ4v) is 3.39. The molecule has 5 heteroatoms. The molecule has 1 fully saturated rings. The smallest absolute Gasteiger partial charge is 0.232 e. The fraction of sp³-hybridized carbons (Fsp3) is 0.692. The van der Waals surface area contributed by atoms with Gasteiger partial charge in [-0.1, -0.05) is 18.3 Å². The predicted octanol–water partition coefficient (Wildman–Crippen LogP) is 0.750. The van der Waals surface area contributed by atoms with E-state index in [9.17, 15) is 15.0 Å². The van der Waals surface area contributed by atoms with E-state index in [1.54, 1.807) is 11.3 Å². The summed E-state index contributed by atoms with van der Waals surface area (Å²) in [5.74, 6) is -0.431. The Labute approximate surface area is 111 Å². The Hall–Kier alpha value is -0.780. The van der Waals surface area contributed by atoms with Crippen molar-refractivity contribution < 1.29 is 20.0 Å². The van der Waals surface area contributed by atoms with Crippen molar-refractivity contribution in [3.8, 4) is 0 Å². The van der Waals surface area contributed by atoms with E-state index in [-0.39, 0.29) is 18.1 Å². The van der Waals surface area contributed by atoms with Gasteiger partial charge in [-0.3, -0.25) is 4.79 Å². The fourth-order valence-electron chi connectivity index (χ4n) is 2.74. The number of carbonyl (C=O) groups excluding carboxylic acids is 1. The Balaban J connectivity index is 2.03. The summed E-state index contributed by atoms with van der Waals surface area (Å²) in [6.45, 7) is 3.94. The second kappa shape index (κ2) is 5.47. The SMILES string of the molecule is Cc1[nH+]c(CC(=O)C2C(O)CC(C)CC2O)cs1. The van der Waals surface area contributed by atoms with Gasteiger partial charge in [-0.15, -0.1) is 0 Å². The van der Waals surface area contributed by atoms with Gasteiger partial charge in [-0.25, -0.2) is 4.98 Å². The van der Waals surface area contributed by atoms with Crippen LogP contribution in [0.15, 0.2) is 5.38 Å². The topological polar surface area (TPSA) is 71.7 Å². The van der Waals surface area contributed by atoms with Crippen molar-refractivity contribution in [3.05, 3.63) is 16.1 Å². The average Bonchev–Trinajstić information content (AvgIpc) is 2.62. The molecule has 3 N–H and O–H groups in total. The summed E-state index contributed by atoms with van der Waals surface area (Å²) in [5, 5.41) is 22.9. The molecule has 0 aromatic carbocycles. The molecular formula is C13H20NO3S+. The number of nitrogens with one attached hydrogen (secondary N) is 1. The van der Waals surface area contributed by atoms with Crippen LogP contribution in [0.3, 0.4) is 0 Å². The first-order valence-corrected chi connectivity index (χ1v) is 7.20. The second-order valence-electron chi connectivity index (χ2n) is 5.32. The number of aryl methyl sites for hydroxylation is 1. The zero-order valence-corrected chi connectivity index (χ0v) is 11.5. The molecule has 2 atom stereocenters. The van der Waals surface area contributed by atoms with Crippen molar-refractivity contribution in [3.63, 3.8) is 0 Å². The molecule has 1 aliphatic rings. The lowest BCUT2D eigenvalue weighted by Crippen LogP contribution is -2.44. The summed E-state index contributed by atoms with van der Waals surface area (Å²) in [7, 11) is 0. The number of carbonyl (C=O) groups is 1. The zero-order valence-electron chi connectivity index (χ0n) is 10.7. The Morgan fingerprint density at radius 2 is 2.06 bits per heavy atom. The normalized spacial score (nSPS) is 32.4. The number of Topliss-reactive ketones (excluding diaryl/α,β-unsaturated/α-hetero) is 1. The first kappa shape index (κ1) is 13.6. The highest BCUT2D eigenvalue weighted by molar-refractivity contribution is 7.09. The monoisotopic (exact) mass is 270 g/mol.